The molecule has 1 aliphatic carbocycles. The maximum absolute atomic E-state index is 15.3. The van der Waals surface area contributed by atoms with Crippen molar-refractivity contribution < 1.29 is 36.6 Å². The molecule has 9 heteroatoms. The number of hydrogen-bond acceptors (Lipinski definition) is 3. The summed E-state index contributed by atoms with van der Waals surface area (Å²) >= 11 is 0. The van der Waals surface area contributed by atoms with E-state index in [1.807, 2.05) is 6.92 Å². The van der Waals surface area contributed by atoms with Crippen LogP contribution in [0.2, 0.25) is 0 Å². The summed E-state index contributed by atoms with van der Waals surface area (Å²) in [6.07, 6.45) is -1.35. The lowest BCUT2D eigenvalue weighted by molar-refractivity contribution is -0.185. The third kappa shape index (κ3) is 5.03. The summed E-state index contributed by atoms with van der Waals surface area (Å²) in [5, 5.41) is 10.5. The van der Waals surface area contributed by atoms with E-state index in [0.29, 0.717) is 29.2 Å². The molecule has 2 saturated heterocycles. The van der Waals surface area contributed by atoms with E-state index >= 15 is 4.39 Å². The van der Waals surface area contributed by atoms with E-state index in [0.717, 1.165) is 12.8 Å². The number of carboxylic acids is 1. The second kappa shape index (κ2) is 10.0. The Hall–Kier alpha value is -2.42. The highest BCUT2D eigenvalue weighted by Crippen LogP contribution is 2.45. The van der Waals surface area contributed by atoms with Crippen molar-refractivity contribution in [3.63, 3.8) is 0 Å². The van der Waals surface area contributed by atoms with Gasteiger partial charge in [0.2, 0.25) is 0 Å². The second-order valence-electron chi connectivity index (χ2n) is 10.9. The normalized spacial score (nSPS) is 29.4. The number of ether oxygens (including phenoxy) is 1. The molecule has 202 valence electrons. The first kappa shape index (κ1) is 26.2. The molecule has 2 bridgehead atoms. The van der Waals surface area contributed by atoms with Crippen LogP contribution in [-0.4, -0.2) is 40.3 Å². The van der Waals surface area contributed by atoms with Gasteiger partial charge in [0.1, 0.15) is 18.2 Å². The number of rotatable bonds is 6. The van der Waals surface area contributed by atoms with E-state index in [9.17, 15) is 27.5 Å². The molecule has 2 heterocycles. The van der Waals surface area contributed by atoms with Crippen molar-refractivity contribution in [3.8, 4) is 5.75 Å². The van der Waals surface area contributed by atoms with Crippen molar-refractivity contribution in [1.82, 2.24) is 4.90 Å². The van der Waals surface area contributed by atoms with Crippen LogP contribution in [0.1, 0.15) is 75.5 Å². The van der Waals surface area contributed by atoms with Crippen LogP contribution in [0.25, 0.3) is 10.8 Å². The highest BCUT2D eigenvalue weighted by Gasteiger charge is 2.45. The van der Waals surface area contributed by atoms with E-state index in [1.54, 1.807) is 18.2 Å². The molecule has 0 spiro atoms. The number of alkyl halides is 4. The average molecular weight is 526 g/mol. The van der Waals surface area contributed by atoms with Gasteiger partial charge >= 0.3 is 12.1 Å². The van der Waals surface area contributed by atoms with Gasteiger partial charge in [-0.1, -0.05) is 6.07 Å². The van der Waals surface area contributed by atoms with Crippen molar-refractivity contribution in [2.75, 3.05) is 0 Å². The molecule has 1 N–H and O–H groups in total. The molecular weight excluding hydrogens is 493 g/mol. The molecule has 5 rings (SSSR count). The number of nitrogens with zero attached hydrogens (tertiary/aromatic N) is 1. The Balaban J connectivity index is 1.40. The highest BCUT2D eigenvalue weighted by molar-refractivity contribution is 5.88. The van der Waals surface area contributed by atoms with Crippen LogP contribution in [0.3, 0.4) is 0 Å². The lowest BCUT2D eigenvalue weighted by Crippen LogP contribution is -2.46. The zero-order valence-electron chi connectivity index (χ0n) is 20.7. The molecule has 0 aromatic heterocycles. The summed E-state index contributed by atoms with van der Waals surface area (Å²) < 4.78 is 74.7. The van der Waals surface area contributed by atoms with Crippen LogP contribution in [0.5, 0.6) is 5.75 Å². The third-order valence-corrected chi connectivity index (χ3v) is 8.81. The Morgan fingerprint density at radius 2 is 1.73 bits per heavy atom. The van der Waals surface area contributed by atoms with Crippen molar-refractivity contribution in [2.45, 2.75) is 95.4 Å². The number of piperidine rings is 1. The molecule has 3 atom stereocenters. The van der Waals surface area contributed by atoms with Gasteiger partial charge in [-0.3, -0.25) is 9.69 Å². The summed E-state index contributed by atoms with van der Waals surface area (Å²) in [7, 11) is 0. The molecular formula is C28H32F5NO3. The predicted octanol–water partition coefficient (Wildman–Crippen LogP) is 7.34. The van der Waals surface area contributed by atoms with Crippen molar-refractivity contribution in [2.24, 2.45) is 11.8 Å². The Kier molecular flexibility index (Phi) is 7.11. The Bertz CT molecular complexity index is 1150. The number of carboxylic acid groups (broad SMARTS) is 1. The molecule has 3 fully saturated rings. The zero-order valence-corrected chi connectivity index (χ0v) is 20.7. The van der Waals surface area contributed by atoms with E-state index in [-0.39, 0.29) is 61.0 Å². The Morgan fingerprint density at radius 1 is 1.08 bits per heavy atom. The van der Waals surface area contributed by atoms with Gasteiger partial charge in [-0.25, -0.2) is 8.78 Å². The highest BCUT2D eigenvalue weighted by atomic mass is 19.4. The Labute approximate surface area is 212 Å². The largest absolute Gasteiger partial charge is 0.490 e. The SMILES string of the molecule is CC(c1cc2c(CF)c(O[C@H]3CC[C@@H](C(F)(F)F)CC3)ccc2cc1F)N1C2CCC1CC(C(=O)O)C2. The van der Waals surface area contributed by atoms with Gasteiger partial charge in [0, 0.05) is 29.3 Å². The number of benzene rings is 2. The minimum atomic E-state index is -4.21. The molecule has 3 aliphatic rings. The van der Waals surface area contributed by atoms with Gasteiger partial charge < -0.3 is 9.84 Å². The van der Waals surface area contributed by atoms with Crippen LogP contribution in [0.15, 0.2) is 24.3 Å². The maximum Gasteiger partial charge on any atom is 0.391 e. The molecule has 1 saturated carbocycles. The molecule has 0 amide bonds. The van der Waals surface area contributed by atoms with Crippen LogP contribution in [0, 0.1) is 17.7 Å². The summed E-state index contributed by atoms with van der Waals surface area (Å²) in [5.74, 6) is -2.60. The van der Waals surface area contributed by atoms with Gasteiger partial charge in [0.05, 0.1) is 17.9 Å². The van der Waals surface area contributed by atoms with Crippen LogP contribution >= 0.6 is 0 Å². The monoisotopic (exact) mass is 525 g/mol. The van der Waals surface area contributed by atoms with E-state index in [2.05, 4.69) is 4.90 Å². The van der Waals surface area contributed by atoms with E-state index in [4.69, 9.17) is 4.74 Å². The minimum Gasteiger partial charge on any atom is -0.490 e. The van der Waals surface area contributed by atoms with Gasteiger partial charge in [-0.15, -0.1) is 0 Å². The first-order valence-electron chi connectivity index (χ1n) is 13.1. The molecule has 4 nitrogen and oxygen atoms in total. The predicted molar refractivity (Wildman–Crippen MR) is 129 cm³/mol. The number of halogens is 5. The molecule has 37 heavy (non-hydrogen) atoms. The lowest BCUT2D eigenvalue weighted by atomic mass is 9.87. The van der Waals surface area contributed by atoms with Crippen molar-refractivity contribution in [3.05, 3.63) is 41.2 Å². The lowest BCUT2D eigenvalue weighted by Gasteiger charge is -2.41. The molecule has 2 aromatic rings. The summed E-state index contributed by atoms with van der Waals surface area (Å²) in [4.78, 5) is 13.8. The minimum absolute atomic E-state index is 0.0134. The van der Waals surface area contributed by atoms with Crippen molar-refractivity contribution in [1.29, 1.82) is 0 Å². The number of hydrogen-bond donors (Lipinski definition) is 1. The van der Waals surface area contributed by atoms with Crippen LogP contribution < -0.4 is 4.74 Å². The van der Waals surface area contributed by atoms with Gasteiger partial charge in [0.15, 0.2) is 0 Å². The van der Waals surface area contributed by atoms with Crippen LogP contribution in [-0.2, 0) is 11.5 Å². The van der Waals surface area contributed by atoms with Gasteiger partial charge in [0.25, 0.3) is 0 Å². The Morgan fingerprint density at radius 3 is 2.30 bits per heavy atom. The molecule has 2 aliphatic heterocycles. The molecule has 2 aromatic carbocycles. The van der Waals surface area contributed by atoms with Crippen LogP contribution in [0.4, 0.5) is 22.0 Å². The second-order valence-corrected chi connectivity index (χ2v) is 10.9. The van der Waals surface area contributed by atoms with Gasteiger partial charge in [-0.2, -0.15) is 13.2 Å². The quantitative estimate of drug-likeness (QED) is 0.401. The molecule has 0 radical (unpaired) electrons. The number of aliphatic carboxylic acids is 1. The third-order valence-electron chi connectivity index (χ3n) is 8.81. The first-order valence-corrected chi connectivity index (χ1v) is 13.1. The van der Waals surface area contributed by atoms with E-state index < -0.39 is 36.7 Å². The molecule has 3 unspecified atom stereocenters. The summed E-state index contributed by atoms with van der Waals surface area (Å²) in [5.41, 5.74) is 0.701. The summed E-state index contributed by atoms with van der Waals surface area (Å²) in [6, 6.07) is 6.10. The van der Waals surface area contributed by atoms with Crippen molar-refractivity contribution >= 4 is 16.7 Å². The average Bonchev–Trinajstić information content (AvgIpc) is 3.11. The summed E-state index contributed by atoms with van der Waals surface area (Å²) in [6.45, 7) is 1.06. The smallest absolute Gasteiger partial charge is 0.391 e. The fraction of sp³-hybridized carbons (Fsp3) is 0.607. The van der Waals surface area contributed by atoms with Gasteiger partial charge in [-0.05, 0) is 87.3 Å². The van der Waals surface area contributed by atoms with E-state index in [1.165, 1.54) is 6.07 Å². The zero-order chi connectivity index (χ0) is 26.5. The first-order chi connectivity index (χ1) is 17.6. The number of fused-ring (bicyclic) bond motifs is 3. The topological polar surface area (TPSA) is 49.8 Å². The standard InChI is InChI=1S/C28H32F5NO3/c1-15(34-19-5-6-20(34)11-17(10-19)27(35)36)22-13-23-16(12-25(22)30)2-9-26(24(23)14-29)37-21-7-3-18(4-8-21)28(31,32)33/h2,9,12-13,15,17-21H,3-8,10-11,14H2,1H3,(H,35,36)/t15?,17?,18-,19?,20?,21+. The fourth-order valence-corrected chi connectivity index (χ4v) is 6.87. The maximum atomic E-state index is 15.3. The fourth-order valence-electron chi connectivity index (χ4n) is 6.87. The number of carbonyl (C=O) groups is 1.